The largest absolute Gasteiger partial charge is 0.380 e. The summed E-state index contributed by atoms with van der Waals surface area (Å²) >= 11 is 6.07. The molecule has 1 atom stereocenters. The lowest BCUT2D eigenvalue weighted by atomic mass is 10.1. The molecule has 1 aliphatic heterocycles. The molecule has 2 aromatic rings. The molecule has 0 saturated carbocycles. The fourth-order valence-corrected chi connectivity index (χ4v) is 2.97. The number of carbonyl (C=O) groups excluding carboxylic acids is 1. The van der Waals surface area contributed by atoms with Gasteiger partial charge in [0.05, 0.1) is 15.6 Å². The first-order chi connectivity index (χ1) is 12.5. The van der Waals surface area contributed by atoms with Crippen molar-refractivity contribution in [2.45, 2.75) is 25.5 Å². The van der Waals surface area contributed by atoms with Gasteiger partial charge in [-0.2, -0.15) is 0 Å². The molecule has 0 aliphatic carbocycles. The van der Waals surface area contributed by atoms with E-state index in [9.17, 15) is 14.9 Å². The summed E-state index contributed by atoms with van der Waals surface area (Å²) in [6.07, 6.45) is 1.26. The Balaban J connectivity index is 1.62. The van der Waals surface area contributed by atoms with Crippen molar-refractivity contribution in [3.63, 3.8) is 0 Å². The van der Waals surface area contributed by atoms with E-state index in [0.29, 0.717) is 24.5 Å². The number of anilines is 2. The van der Waals surface area contributed by atoms with Crippen molar-refractivity contribution in [2.75, 3.05) is 17.2 Å². The van der Waals surface area contributed by atoms with Gasteiger partial charge in [0.1, 0.15) is 6.10 Å². The minimum absolute atomic E-state index is 0.0561. The van der Waals surface area contributed by atoms with E-state index in [0.717, 1.165) is 18.4 Å². The number of hydrogen-bond donors (Lipinski definition) is 2. The topological polar surface area (TPSA) is 93.5 Å². The van der Waals surface area contributed by atoms with E-state index in [-0.39, 0.29) is 22.7 Å². The zero-order chi connectivity index (χ0) is 18.5. The Hall–Kier alpha value is -2.64. The Labute approximate surface area is 155 Å². The van der Waals surface area contributed by atoms with Crippen LogP contribution in [-0.4, -0.2) is 23.5 Å². The molecule has 0 bridgehead atoms. The number of rotatable bonds is 6. The van der Waals surface area contributed by atoms with Crippen LogP contribution in [0.2, 0.25) is 5.02 Å². The van der Waals surface area contributed by atoms with Gasteiger partial charge in [0, 0.05) is 31.0 Å². The second kappa shape index (κ2) is 8.16. The van der Waals surface area contributed by atoms with Crippen molar-refractivity contribution >= 4 is 34.6 Å². The standard InChI is InChI=1S/C18H18ClN3O4/c19-15-10-14(22(24)25)6-7-16(15)20-11-12-3-1-4-13(9-12)21-18(23)17-5-2-8-26-17/h1,3-4,6-7,9-10,17,20H,2,5,8,11H2,(H,21,23). The summed E-state index contributed by atoms with van der Waals surface area (Å²) in [7, 11) is 0. The molecule has 7 nitrogen and oxygen atoms in total. The third kappa shape index (κ3) is 4.50. The van der Waals surface area contributed by atoms with Crippen LogP contribution in [0.4, 0.5) is 17.1 Å². The zero-order valence-corrected chi connectivity index (χ0v) is 14.7. The van der Waals surface area contributed by atoms with Gasteiger partial charge in [-0.3, -0.25) is 14.9 Å². The highest BCUT2D eigenvalue weighted by Gasteiger charge is 2.23. The van der Waals surface area contributed by atoms with Gasteiger partial charge < -0.3 is 15.4 Å². The Bertz CT molecular complexity index is 822. The number of amides is 1. The molecular weight excluding hydrogens is 358 g/mol. The average molecular weight is 376 g/mol. The predicted molar refractivity (Wildman–Crippen MR) is 99.5 cm³/mol. The van der Waals surface area contributed by atoms with Gasteiger partial charge in [-0.05, 0) is 36.6 Å². The molecule has 1 unspecified atom stereocenters. The highest BCUT2D eigenvalue weighted by molar-refractivity contribution is 6.33. The van der Waals surface area contributed by atoms with E-state index in [1.54, 1.807) is 6.07 Å². The molecule has 0 spiro atoms. The number of non-ortho nitro benzene ring substituents is 1. The molecule has 2 N–H and O–H groups in total. The number of nitro groups is 1. The van der Waals surface area contributed by atoms with Crippen LogP contribution in [0.25, 0.3) is 0 Å². The number of halogens is 1. The highest BCUT2D eigenvalue weighted by Crippen LogP contribution is 2.27. The Morgan fingerprint density at radius 1 is 1.31 bits per heavy atom. The van der Waals surface area contributed by atoms with Gasteiger partial charge in [-0.15, -0.1) is 0 Å². The second-order valence-corrected chi connectivity index (χ2v) is 6.37. The number of nitrogens with one attached hydrogen (secondary N) is 2. The molecular formula is C18H18ClN3O4. The third-order valence-electron chi connectivity index (χ3n) is 4.06. The van der Waals surface area contributed by atoms with Gasteiger partial charge in [0.25, 0.3) is 11.6 Å². The van der Waals surface area contributed by atoms with E-state index < -0.39 is 4.92 Å². The summed E-state index contributed by atoms with van der Waals surface area (Å²) in [6.45, 7) is 1.08. The van der Waals surface area contributed by atoms with Gasteiger partial charge in [0.2, 0.25) is 0 Å². The molecule has 1 heterocycles. The molecule has 26 heavy (non-hydrogen) atoms. The molecule has 136 valence electrons. The third-order valence-corrected chi connectivity index (χ3v) is 4.38. The SMILES string of the molecule is O=C(Nc1cccc(CNc2ccc([N+](=O)[O-])cc2Cl)c1)C1CCCO1. The lowest BCUT2D eigenvalue weighted by Gasteiger charge is -2.12. The highest BCUT2D eigenvalue weighted by atomic mass is 35.5. The molecule has 1 amide bonds. The number of nitro benzene ring substituents is 1. The summed E-state index contributed by atoms with van der Waals surface area (Å²) in [4.78, 5) is 22.4. The van der Waals surface area contributed by atoms with Crippen LogP contribution in [0.1, 0.15) is 18.4 Å². The van der Waals surface area contributed by atoms with Gasteiger partial charge in [-0.1, -0.05) is 23.7 Å². The summed E-state index contributed by atoms with van der Waals surface area (Å²) in [5.74, 6) is -0.133. The maximum Gasteiger partial charge on any atom is 0.271 e. The zero-order valence-electron chi connectivity index (χ0n) is 13.9. The number of benzene rings is 2. The van der Waals surface area contributed by atoms with Crippen molar-refractivity contribution < 1.29 is 14.5 Å². The molecule has 1 aliphatic rings. The number of ether oxygens (including phenoxy) is 1. The van der Waals surface area contributed by atoms with Crippen LogP contribution in [-0.2, 0) is 16.1 Å². The first kappa shape index (κ1) is 18.2. The summed E-state index contributed by atoms with van der Waals surface area (Å²) in [5, 5.41) is 17.0. The summed E-state index contributed by atoms with van der Waals surface area (Å²) in [6, 6.07) is 11.7. The summed E-state index contributed by atoms with van der Waals surface area (Å²) in [5.41, 5.74) is 2.18. The Kier molecular flexibility index (Phi) is 5.70. The van der Waals surface area contributed by atoms with Crippen molar-refractivity contribution in [2.24, 2.45) is 0 Å². The van der Waals surface area contributed by atoms with Crippen LogP contribution < -0.4 is 10.6 Å². The van der Waals surface area contributed by atoms with Crippen molar-refractivity contribution in [3.05, 3.63) is 63.2 Å². The van der Waals surface area contributed by atoms with E-state index in [1.165, 1.54) is 12.1 Å². The minimum atomic E-state index is -0.490. The first-order valence-corrected chi connectivity index (χ1v) is 8.60. The van der Waals surface area contributed by atoms with Crippen LogP contribution in [0.5, 0.6) is 0 Å². The fourth-order valence-electron chi connectivity index (χ4n) is 2.72. The molecule has 1 fully saturated rings. The lowest BCUT2D eigenvalue weighted by molar-refractivity contribution is -0.384. The molecule has 0 radical (unpaired) electrons. The molecule has 0 aromatic heterocycles. The molecule has 8 heteroatoms. The van der Waals surface area contributed by atoms with Gasteiger partial charge in [0.15, 0.2) is 0 Å². The number of nitrogens with zero attached hydrogens (tertiary/aromatic N) is 1. The Morgan fingerprint density at radius 2 is 2.15 bits per heavy atom. The van der Waals surface area contributed by atoms with E-state index in [2.05, 4.69) is 10.6 Å². The van der Waals surface area contributed by atoms with Crippen LogP contribution >= 0.6 is 11.6 Å². The van der Waals surface area contributed by atoms with E-state index >= 15 is 0 Å². The first-order valence-electron chi connectivity index (χ1n) is 8.22. The fraction of sp³-hybridized carbons (Fsp3) is 0.278. The van der Waals surface area contributed by atoms with Crippen LogP contribution in [0.3, 0.4) is 0 Å². The van der Waals surface area contributed by atoms with Crippen LogP contribution in [0.15, 0.2) is 42.5 Å². The normalized spacial score (nSPS) is 16.3. The minimum Gasteiger partial charge on any atom is -0.380 e. The molecule has 3 rings (SSSR count). The maximum absolute atomic E-state index is 12.1. The van der Waals surface area contributed by atoms with Crippen molar-refractivity contribution in [1.82, 2.24) is 0 Å². The molecule has 2 aromatic carbocycles. The average Bonchev–Trinajstić information content (AvgIpc) is 3.15. The van der Waals surface area contributed by atoms with Crippen molar-refractivity contribution in [3.8, 4) is 0 Å². The second-order valence-electron chi connectivity index (χ2n) is 5.97. The Morgan fingerprint density at radius 3 is 2.85 bits per heavy atom. The number of hydrogen-bond acceptors (Lipinski definition) is 5. The van der Waals surface area contributed by atoms with Gasteiger partial charge >= 0.3 is 0 Å². The summed E-state index contributed by atoms with van der Waals surface area (Å²) < 4.78 is 5.38. The smallest absolute Gasteiger partial charge is 0.271 e. The lowest BCUT2D eigenvalue weighted by Crippen LogP contribution is -2.26. The monoisotopic (exact) mass is 375 g/mol. The van der Waals surface area contributed by atoms with E-state index in [1.807, 2.05) is 24.3 Å². The van der Waals surface area contributed by atoms with Crippen LogP contribution in [0, 0.1) is 10.1 Å². The van der Waals surface area contributed by atoms with Crippen molar-refractivity contribution in [1.29, 1.82) is 0 Å². The predicted octanol–water partition coefficient (Wildman–Crippen LogP) is 3.98. The number of carbonyl (C=O) groups is 1. The molecule has 1 saturated heterocycles. The quantitative estimate of drug-likeness (QED) is 0.588. The van der Waals surface area contributed by atoms with E-state index in [4.69, 9.17) is 16.3 Å². The maximum atomic E-state index is 12.1. The van der Waals surface area contributed by atoms with Gasteiger partial charge in [-0.25, -0.2) is 0 Å².